The Morgan fingerprint density at radius 1 is 1.20 bits per heavy atom. The van der Waals surface area contributed by atoms with E-state index in [1.807, 2.05) is 37.3 Å². The maximum absolute atomic E-state index is 12.4. The highest BCUT2D eigenvalue weighted by Crippen LogP contribution is 2.28. The maximum Gasteiger partial charge on any atom is 0.417 e. The van der Waals surface area contributed by atoms with Crippen LogP contribution in [0.5, 0.6) is 0 Å². The maximum atomic E-state index is 12.4. The van der Waals surface area contributed by atoms with Gasteiger partial charge in [0.1, 0.15) is 5.60 Å². The van der Waals surface area contributed by atoms with E-state index in [4.69, 9.17) is 4.74 Å². The molecule has 0 saturated heterocycles. The van der Waals surface area contributed by atoms with Crippen LogP contribution in [0.3, 0.4) is 0 Å². The number of rotatable bonds is 1. The average molecular weight is 273 g/mol. The second-order valence-corrected chi connectivity index (χ2v) is 5.89. The Hall–Kier alpha value is -2.10. The van der Waals surface area contributed by atoms with Crippen molar-refractivity contribution in [1.29, 1.82) is 0 Å². The second kappa shape index (κ2) is 5.12. The van der Waals surface area contributed by atoms with E-state index in [-0.39, 0.29) is 12.5 Å². The minimum absolute atomic E-state index is 0.289. The minimum atomic E-state index is -0.610. The van der Waals surface area contributed by atoms with Crippen molar-refractivity contribution in [3.05, 3.63) is 41.5 Å². The zero-order valence-electron chi connectivity index (χ0n) is 12.3. The zero-order chi connectivity index (χ0) is 14.9. The van der Waals surface area contributed by atoms with Crippen molar-refractivity contribution in [1.82, 2.24) is 4.90 Å². The molecule has 1 heterocycles. The standard InChI is InChI=1S/C16H19NO3/c1-11-10-17(15(19)20-16(2,3)4)14(18)13(11)12-8-6-5-7-9-12/h5-9H,10H2,1-4H3. The first-order valence-electron chi connectivity index (χ1n) is 6.59. The van der Waals surface area contributed by atoms with Crippen LogP contribution < -0.4 is 0 Å². The van der Waals surface area contributed by atoms with Gasteiger partial charge in [-0.25, -0.2) is 9.69 Å². The fourth-order valence-electron chi connectivity index (χ4n) is 2.14. The third kappa shape index (κ3) is 2.90. The van der Waals surface area contributed by atoms with E-state index in [1.165, 1.54) is 0 Å². The van der Waals surface area contributed by atoms with Gasteiger partial charge in [0.15, 0.2) is 0 Å². The highest BCUT2D eigenvalue weighted by atomic mass is 16.6. The monoisotopic (exact) mass is 273 g/mol. The molecule has 0 bridgehead atoms. The molecule has 2 rings (SSSR count). The largest absolute Gasteiger partial charge is 0.443 e. The molecular formula is C16H19NO3. The van der Waals surface area contributed by atoms with Crippen molar-refractivity contribution >= 4 is 17.6 Å². The first kappa shape index (κ1) is 14.3. The number of carbonyl (C=O) groups is 2. The van der Waals surface area contributed by atoms with E-state index in [9.17, 15) is 9.59 Å². The second-order valence-electron chi connectivity index (χ2n) is 5.89. The molecule has 106 valence electrons. The molecule has 0 spiro atoms. The van der Waals surface area contributed by atoms with E-state index in [2.05, 4.69) is 0 Å². The smallest absolute Gasteiger partial charge is 0.417 e. The predicted octanol–water partition coefficient (Wildman–Crippen LogP) is 3.24. The summed E-state index contributed by atoms with van der Waals surface area (Å²) in [6, 6.07) is 9.38. The third-order valence-corrected chi connectivity index (χ3v) is 2.96. The molecule has 1 aromatic rings. The summed E-state index contributed by atoms with van der Waals surface area (Å²) >= 11 is 0. The van der Waals surface area contributed by atoms with Gasteiger partial charge < -0.3 is 4.74 Å². The predicted molar refractivity (Wildman–Crippen MR) is 77.0 cm³/mol. The summed E-state index contributed by atoms with van der Waals surface area (Å²) in [5.41, 5.74) is 1.70. The fraction of sp³-hybridized carbons (Fsp3) is 0.375. The Bertz CT molecular complexity index is 567. The van der Waals surface area contributed by atoms with Gasteiger partial charge in [0.05, 0.1) is 6.54 Å². The number of carbonyl (C=O) groups excluding carboxylic acids is 2. The lowest BCUT2D eigenvalue weighted by Gasteiger charge is -2.23. The Labute approximate surface area is 119 Å². The fourth-order valence-corrected chi connectivity index (χ4v) is 2.14. The molecule has 2 amide bonds. The summed E-state index contributed by atoms with van der Waals surface area (Å²) < 4.78 is 5.26. The topological polar surface area (TPSA) is 46.6 Å². The van der Waals surface area contributed by atoms with Crippen LogP contribution in [0, 0.1) is 0 Å². The van der Waals surface area contributed by atoms with Crippen LogP contribution in [0.15, 0.2) is 35.9 Å². The molecule has 0 fully saturated rings. The van der Waals surface area contributed by atoms with Gasteiger partial charge in [-0.05, 0) is 38.8 Å². The third-order valence-electron chi connectivity index (χ3n) is 2.96. The van der Waals surface area contributed by atoms with Crippen molar-refractivity contribution in [3.63, 3.8) is 0 Å². The van der Waals surface area contributed by atoms with Crippen molar-refractivity contribution < 1.29 is 14.3 Å². The molecule has 1 aromatic carbocycles. The SMILES string of the molecule is CC1=C(c2ccccc2)C(=O)N(C(=O)OC(C)(C)C)C1. The highest BCUT2D eigenvalue weighted by molar-refractivity contribution is 6.26. The molecule has 4 heteroatoms. The number of nitrogens with zero attached hydrogens (tertiary/aromatic N) is 1. The van der Waals surface area contributed by atoms with Gasteiger partial charge >= 0.3 is 6.09 Å². The normalized spacial score (nSPS) is 15.8. The van der Waals surface area contributed by atoms with Crippen molar-refractivity contribution in [2.24, 2.45) is 0 Å². The molecule has 1 aliphatic heterocycles. The zero-order valence-corrected chi connectivity index (χ0v) is 12.3. The number of hydrogen-bond donors (Lipinski definition) is 0. The van der Waals surface area contributed by atoms with E-state index < -0.39 is 11.7 Å². The molecule has 0 atom stereocenters. The lowest BCUT2D eigenvalue weighted by Crippen LogP contribution is -2.38. The molecule has 0 aliphatic carbocycles. The first-order chi connectivity index (χ1) is 9.29. The van der Waals surface area contributed by atoms with Crippen molar-refractivity contribution in [3.8, 4) is 0 Å². The van der Waals surface area contributed by atoms with Crippen LogP contribution >= 0.6 is 0 Å². The highest BCUT2D eigenvalue weighted by Gasteiger charge is 2.35. The van der Waals surface area contributed by atoms with Gasteiger partial charge in [0, 0.05) is 5.57 Å². The molecule has 0 aromatic heterocycles. The number of imide groups is 1. The Balaban J connectivity index is 2.22. The van der Waals surface area contributed by atoms with E-state index in [0.29, 0.717) is 5.57 Å². The van der Waals surface area contributed by atoms with Gasteiger partial charge in [-0.3, -0.25) is 4.79 Å². The summed E-state index contributed by atoms with van der Waals surface area (Å²) in [4.78, 5) is 25.6. The van der Waals surface area contributed by atoms with Crippen LogP contribution in [0.25, 0.3) is 5.57 Å². The summed E-state index contributed by atoms with van der Waals surface area (Å²) in [6.45, 7) is 7.50. The molecular weight excluding hydrogens is 254 g/mol. The van der Waals surface area contributed by atoms with Gasteiger partial charge in [0.25, 0.3) is 5.91 Å². The van der Waals surface area contributed by atoms with Crippen molar-refractivity contribution in [2.45, 2.75) is 33.3 Å². The van der Waals surface area contributed by atoms with E-state index in [1.54, 1.807) is 20.8 Å². The molecule has 20 heavy (non-hydrogen) atoms. The van der Waals surface area contributed by atoms with Crippen LogP contribution in [0.4, 0.5) is 4.79 Å². The van der Waals surface area contributed by atoms with Crippen LogP contribution in [0.1, 0.15) is 33.3 Å². The minimum Gasteiger partial charge on any atom is -0.443 e. The number of amides is 2. The van der Waals surface area contributed by atoms with Crippen LogP contribution in [0.2, 0.25) is 0 Å². The molecule has 0 radical (unpaired) electrons. The summed E-state index contributed by atoms with van der Waals surface area (Å²) in [5, 5.41) is 0. The Kier molecular flexibility index (Phi) is 3.66. The Morgan fingerprint density at radius 2 is 1.80 bits per heavy atom. The molecule has 4 nitrogen and oxygen atoms in total. The number of hydrogen-bond acceptors (Lipinski definition) is 3. The summed E-state index contributed by atoms with van der Waals surface area (Å²) in [7, 11) is 0. The summed E-state index contributed by atoms with van der Waals surface area (Å²) in [6.07, 6.45) is -0.590. The lowest BCUT2D eigenvalue weighted by molar-refractivity contribution is -0.123. The summed E-state index contributed by atoms with van der Waals surface area (Å²) in [5.74, 6) is -0.289. The average Bonchev–Trinajstić information content (AvgIpc) is 2.64. The number of ether oxygens (including phenoxy) is 1. The van der Waals surface area contributed by atoms with Gasteiger partial charge in [-0.1, -0.05) is 30.3 Å². The molecule has 0 unspecified atom stereocenters. The molecule has 0 N–H and O–H groups in total. The molecule has 1 aliphatic rings. The van der Waals surface area contributed by atoms with Crippen LogP contribution in [-0.2, 0) is 9.53 Å². The van der Waals surface area contributed by atoms with E-state index >= 15 is 0 Å². The van der Waals surface area contributed by atoms with Gasteiger partial charge in [-0.15, -0.1) is 0 Å². The first-order valence-corrected chi connectivity index (χ1v) is 6.59. The van der Waals surface area contributed by atoms with Crippen molar-refractivity contribution in [2.75, 3.05) is 6.54 Å². The Morgan fingerprint density at radius 3 is 2.35 bits per heavy atom. The molecule has 0 saturated carbocycles. The quantitative estimate of drug-likeness (QED) is 0.789. The van der Waals surface area contributed by atoms with Crippen LogP contribution in [-0.4, -0.2) is 29.0 Å². The number of benzene rings is 1. The van der Waals surface area contributed by atoms with Gasteiger partial charge in [-0.2, -0.15) is 0 Å². The lowest BCUT2D eigenvalue weighted by atomic mass is 10.0. The van der Waals surface area contributed by atoms with Gasteiger partial charge in [0.2, 0.25) is 0 Å². The van der Waals surface area contributed by atoms with E-state index in [0.717, 1.165) is 16.0 Å².